The van der Waals surface area contributed by atoms with Gasteiger partial charge in [-0.15, -0.1) is 0 Å². The molecule has 1 aliphatic heterocycles. The Bertz CT molecular complexity index is 1050. The number of nitrogens with zero attached hydrogens (tertiary/aromatic N) is 3. The van der Waals surface area contributed by atoms with E-state index in [1.165, 1.54) is 6.08 Å². The van der Waals surface area contributed by atoms with E-state index in [1.807, 2.05) is 30.3 Å². The van der Waals surface area contributed by atoms with Gasteiger partial charge in [0.15, 0.2) is 0 Å². The van der Waals surface area contributed by atoms with Crippen molar-refractivity contribution in [2.75, 3.05) is 4.90 Å². The molecule has 2 aliphatic rings. The van der Waals surface area contributed by atoms with Crippen LogP contribution in [-0.4, -0.2) is 23.7 Å². The highest BCUT2D eigenvalue weighted by Gasteiger charge is 2.56. The van der Waals surface area contributed by atoms with E-state index in [0.29, 0.717) is 23.2 Å². The predicted molar refractivity (Wildman–Crippen MR) is 113 cm³/mol. The molecule has 1 unspecified atom stereocenters. The molecule has 1 spiro atoms. The fourth-order valence-corrected chi connectivity index (χ4v) is 4.42. The van der Waals surface area contributed by atoms with Gasteiger partial charge in [0.1, 0.15) is 11.1 Å². The van der Waals surface area contributed by atoms with Crippen LogP contribution in [-0.2, 0) is 9.53 Å². The number of nitriles is 2. The summed E-state index contributed by atoms with van der Waals surface area (Å²) >= 11 is 12.2. The number of anilines is 1. The molecule has 0 bridgehead atoms. The lowest BCUT2D eigenvalue weighted by Crippen LogP contribution is -2.36. The second-order valence-corrected chi connectivity index (χ2v) is 8.17. The van der Waals surface area contributed by atoms with Crippen molar-refractivity contribution in [3.8, 4) is 12.1 Å². The number of rotatable bonds is 4. The van der Waals surface area contributed by atoms with E-state index in [2.05, 4.69) is 38.7 Å². The first kappa shape index (κ1) is 21.0. The van der Waals surface area contributed by atoms with Crippen LogP contribution in [0.5, 0.6) is 0 Å². The van der Waals surface area contributed by atoms with Gasteiger partial charge in [0, 0.05) is 23.3 Å². The number of ether oxygens (including phenoxy) is 1. The number of carbonyl (C=O) groups excluding carboxylic acids is 1. The minimum Gasteiger partial charge on any atom is -0.437 e. The monoisotopic (exact) mass is 427 g/mol. The molecule has 0 radical (unpaired) electrons. The third-order valence-corrected chi connectivity index (χ3v) is 5.93. The maximum Gasteiger partial charge on any atom is 0.352 e. The molecule has 0 fully saturated rings. The maximum atomic E-state index is 12.0. The molecule has 1 aromatic carbocycles. The van der Waals surface area contributed by atoms with Gasteiger partial charge in [0.2, 0.25) is 5.60 Å². The highest BCUT2D eigenvalue weighted by molar-refractivity contribution is 6.49. The molecule has 0 amide bonds. The summed E-state index contributed by atoms with van der Waals surface area (Å²) < 4.78 is 5.36. The molecule has 1 aliphatic carbocycles. The van der Waals surface area contributed by atoms with Crippen molar-refractivity contribution in [1.82, 2.24) is 0 Å². The molecule has 0 saturated carbocycles. The van der Waals surface area contributed by atoms with Gasteiger partial charge in [-0.1, -0.05) is 35.3 Å². The molecule has 0 aromatic heterocycles. The van der Waals surface area contributed by atoms with Gasteiger partial charge in [-0.2, -0.15) is 10.5 Å². The number of hydrogen-bond donors (Lipinski definition) is 0. The molecular weight excluding hydrogens is 409 g/mol. The molecule has 1 atom stereocenters. The molecule has 7 heteroatoms. The Morgan fingerprint density at radius 3 is 2.03 bits per heavy atom. The Balaban J connectivity index is 2.13. The first-order valence-electron chi connectivity index (χ1n) is 9.14. The number of benzene rings is 1. The lowest BCUT2D eigenvalue weighted by atomic mass is 9.89. The zero-order chi connectivity index (χ0) is 21.5. The quantitative estimate of drug-likeness (QED) is 0.629. The van der Waals surface area contributed by atoms with Crippen LogP contribution < -0.4 is 4.90 Å². The Kier molecular flexibility index (Phi) is 5.50. The van der Waals surface area contributed by atoms with Crippen LogP contribution in [0.3, 0.4) is 0 Å². The van der Waals surface area contributed by atoms with Crippen molar-refractivity contribution in [3.63, 3.8) is 0 Å². The van der Waals surface area contributed by atoms with Crippen LogP contribution in [0, 0.1) is 22.7 Å². The van der Waals surface area contributed by atoms with Crippen LogP contribution in [0.2, 0.25) is 0 Å². The second-order valence-electron chi connectivity index (χ2n) is 7.41. The number of halogens is 2. The van der Waals surface area contributed by atoms with Crippen molar-refractivity contribution in [1.29, 1.82) is 10.5 Å². The molecule has 1 aromatic rings. The highest BCUT2D eigenvalue weighted by Crippen LogP contribution is 2.52. The molecule has 0 N–H and O–H groups in total. The average Bonchev–Trinajstić information content (AvgIpc) is 3.11. The fourth-order valence-electron chi connectivity index (χ4n) is 3.93. The van der Waals surface area contributed by atoms with Crippen LogP contribution in [0.25, 0.3) is 5.57 Å². The second kappa shape index (κ2) is 7.59. The fraction of sp³-hybridized carbons (Fsp3) is 0.318. The molecular formula is C22H19Cl2N3O2. The van der Waals surface area contributed by atoms with Crippen LogP contribution in [0.4, 0.5) is 5.69 Å². The van der Waals surface area contributed by atoms with Gasteiger partial charge in [0.05, 0.1) is 22.2 Å². The lowest BCUT2D eigenvalue weighted by molar-refractivity contribution is -0.141. The van der Waals surface area contributed by atoms with E-state index in [4.69, 9.17) is 27.9 Å². The van der Waals surface area contributed by atoms with Gasteiger partial charge >= 0.3 is 5.97 Å². The maximum absolute atomic E-state index is 12.0. The lowest BCUT2D eigenvalue weighted by Gasteiger charge is -2.33. The van der Waals surface area contributed by atoms with E-state index in [0.717, 1.165) is 5.69 Å². The largest absolute Gasteiger partial charge is 0.437 e. The number of carbonyl (C=O) groups is 1. The SMILES string of the molecule is CC(C)N(c1ccc(C2=C(C#N)C3(OC(=O)C(Cl)=C3Cl)C(C#N)=C2)cc1)C(C)C. The van der Waals surface area contributed by atoms with E-state index >= 15 is 0 Å². The van der Waals surface area contributed by atoms with Gasteiger partial charge in [-0.3, -0.25) is 0 Å². The molecule has 5 nitrogen and oxygen atoms in total. The molecule has 0 saturated heterocycles. The number of hydrogen-bond acceptors (Lipinski definition) is 5. The van der Waals surface area contributed by atoms with Gasteiger partial charge in [0.25, 0.3) is 0 Å². The van der Waals surface area contributed by atoms with Crippen LogP contribution >= 0.6 is 23.2 Å². The Hall–Kier alpha value is -2.73. The zero-order valence-electron chi connectivity index (χ0n) is 16.5. The minimum absolute atomic E-state index is 0.0492. The summed E-state index contributed by atoms with van der Waals surface area (Å²) in [5.41, 5.74) is 0.603. The van der Waals surface area contributed by atoms with Crippen molar-refractivity contribution >= 4 is 40.4 Å². The van der Waals surface area contributed by atoms with Gasteiger partial charge in [-0.05, 0) is 51.5 Å². The first-order chi connectivity index (χ1) is 13.7. The van der Waals surface area contributed by atoms with E-state index in [1.54, 1.807) is 0 Å². The Morgan fingerprint density at radius 1 is 1.03 bits per heavy atom. The summed E-state index contributed by atoms with van der Waals surface area (Å²) in [5.74, 6) is -0.855. The van der Waals surface area contributed by atoms with Crippen molar-refractivity contribution in [3.05, 3.63) is 57.1 Å². The van der Waals surface area contributed by atoms with Gasteiger partial charge in [-0.25, -0.2) is 4.79 Å². The molecule has 148 valence electrons. The zero-order valence-corrected chi connectivity index (χ0v) is 18.0. The molecule has 29 heavy (non-hydrogen) atoms. The van der Waals surface area contributed by atoms with Crippen molar-refractivity contribution in [2.24, 2.45) is 0 Å². The summed E-state index contributed by atoms with van der Waals surface area (Å²) in [7, 11) is 0. The van der Waals surface area contributed by atoms with E-state index < -0.39 is 11.6 Å². The van der Waals surface area contributed by atoms with Crippen molar-refractivity contribution < 1.29 is 9.53 Å². The highest BCUT2D eigenvalue weighted by atomic mass is 35.5. The van der Waals surface area contributed by atoms with E-state index in [9.17, 15) is 15.3 Å². The number of esters is 1. The third kappa shape index (κ3) is 3.12. The summed E-state index contributed by atoms with van der Waals surface area (Å²) in [5, 5.41) is 19.0. The van der Waals surface area contributed by atoms with Crippen LogP contribution in [0.15, 0.2) is 51.6 Å². The standard InChI is InChI=1S/C22H19Cl2N3O2/c1-12(2)27(13(3)4)16-7-5-14(6-8-16)17-9-15(10-25)22(18(17)11-26)20(24)19(23)21(28)29-22/h5-9,12-13H,1-4H3. The third-order valence-electron chi connectivity index (χ3n) is 5.04. The first-order valence-corrected chi connectivity index (χ1v) is 9.89. The van der Waals surface area contributed by atoms with E-state index in [-0.39, 0.29) is 21.2 Å². The molecule has 1 heterocycles. The van der Waals surface area contributed by atoms with Crippen LogP contribution in [0.1, 0.15) is 33.3 Å². The minimum atomic E-state index is -1.75. The Labute approximate surface area is 180 Å². The normalized spacial score (nSPS) is 21.0. The number of allylic oxidation sites excluding steroid dienone is 2. The van der Waals surface area contributed by atoms with Gasteiger partial charge < -0.3 is 9.64 Å². The topological polar surface area (TPSA) is 77.1 Å². The van der Waals surface area contributed by atoms with Crippen molar-refractivity contribution in [2.45, 2.75) is 45.4 Å². The smallest absolute Gasteiger partial charge is 0.352 e. The predicted octanol–water partition coefficient (Wildman–Crippen LogP) is 5.04. The average molecular weight is 428 g/mol. The Morgan fingerprint density at radius 2 is 1.62 bits per heavy atom. The summed E-state index contributed by atoms with van der Waals surface area (Å²) in [6.07, 6.45) is 1.53. The summed E-state index contributed by atoms with van der Waals surface area (Å²) in [4.78, 5) is 14.3. The molecule has 3 rings (SSSR count). The summed E-state index contributed by atoms with van der Waals surface area (Å²) in [6, 6.07) is 12.4. The summed E-state index contributed by atoms with van der Waals surface area (Å²) in [6.45, 7) is 8.50.